The Morgan fingerprint density at radius 1 is 0.775 bits per heavy atom. The standard InChI is InChI=1S/C28H14ClF8NOS/c29-20-3-1-2-14-10-22(38(26(39)25(14)20)13-15-4-5-19(30)12-21(15)31)24-7-6-23(40-24)16-8-17(27(32,33)34)11-18(9-16)28(35,36)37/h1-12H,13H2. The fourth-order valence-electron chi connectivity index (χ4n) is 4.27. The van der Waals surface area contributed by atoms with E-state index in [-0.39, 0.29) is 44.7 Å². The molecule has 0 saturated heterocycles. The summed E-state index contributed by atoms with van der Waals surface area (Å²) in [7, 11) is 0. The van der Waals surface area contributed by atoms with Crippen molar-refractivity contribution in [2.24, 2.45) is 0 Å². The highest BCUT2D eigenvalue weighted by atomic mass is 35.5. The SMILES string of the molecule is O=c1c2c(Cl)cccc2cc(-c2ccc(-c3cc(C(F)(F)F)cc(C(F)(F)F)c3)s2)n1Cc1ccc(F)cc1F. The summed E-state index contributed by atoms with van der Waals surface area (Å²) in [5.74, 6) is -1.73. The van der Waals surface area contributed by atoms with Gasteiger partial charge >= 0.3 is 12.4 Å². The fourth-order valence-corrected chi connectivity index (χ4v) is 5.55. The summed E-state index contributed by atoms with van der Waals surface area (Å²) in [5.41, 5.74) is -3.67. The van der Waals surface area contributed by atoms with Crippen LogP contribution in [-0.2, 0) is 18.9 Å². The van der Waals surface area contributed by atoms with Gasteiger partial charge in [0.2, 0.25) is 0 Å². The van der Waals surface area contributed by atoms with Gasteiger partial charge in [-0.3, -0.25) is 4.79 Å². The second kappa shape index (κ2) is 10.0. The molecule has 0 atom stereocenters. The molecule has 12 heteroatoms. The van der Waals surface area contributed by atoms with E-state index in [1.165, 1.54) is 28.8 Å². The maximum atomic E-state index is 14.5. The Morgan fingerprint density at radius 3 is 2.05 bits per heavy atom. The number of rotatable bonds is 4. The number of aromatic nitrogens is 1. The molecule has 0 aliphatic heterocycles. The molecular weight excluding hydrogens is 586 g/mol. The van der Waals surface area contributed by atoms with Gasteiger partial charge in [0.05, 0.1) is 38.7 Å². The van der Waals surface area contributed by atoms with Crippen LogP contribution in [-0.4, -0.2) is 4.57 Å². The molecule has 0 spiro atoms. The summed E-state index contributed by atoms with van der Waals surface area (Å²) in [6.07, 6.45) is -10.0. The van der Waals surface area contributed by atoms with Gasteiger partial charge < -0.3 is 4.57 Å². The number of fused-ring (bicyclic) bond motifs is 1. The third kappa shape index (κ3) is 5.35. The molecule has 2 nitrogen and oxygen atoms in total. The van der Waals surface area contributed by atoms with E-state index < -0.39 is 40.7 Å². The zero-order valence-corrected chi connectivity index (χ0v) is 21.4. The van der Waals surface area contributed by atoms with Gasteiger partial charge in [-0.25, -0.2) is 8.78 Å². The Morgan fingerprint density at radius 2 is 1.43 bits per heavy atom. The molecule has 0 fully saturated rings. The molecular formula is C28H14ClF8NOS. The molecule has 0 radical (unpaired) electrons. The van der Waals surface area contributed by atoms with E-state index in [1.54, 1.807) is 18.2 Å². The van der Waals surface area contributed by atoms with Crippen LogP contribution in [0, 0.1) is 11.6 Å². The molecule has 2 aromatic heterocycles. The summed E-state index contributed by atoms with van der Waals surface area (Å²) in [6.45, 7) is -0.351. The first-order valence-electron chi connectivity index (χ1n) is 11.4. The lowest BCUT2D eigenvalue weighted by molar-refractivity contribution is -0.143. The van der Waals surface area contributed by atoms with Crippen LogP contribution in [0.2, 0.25) is 5.02 Å². The van der Waals surface area contributed by atoms with E-state index in [1.807, 2.05) is 0 Å². The maximum absolute atomic E-state index is 14.5. The highest BCUT2D eigenvalue weighted by Crippen LogP contribution is 2.42. The number of nitrogens with zero attached hydrogens (tertiary/aromatic N) is 1. The van der Waals surface area contributed by atoms with Gasteiger partial charge in [0, 0.05) is 16.5 Å². The van der Waals surface area contributed by atoms with Crippen LogP contribution >= 0.6 is 22.9 Å². The van der Waals surface area contributed by atoms with Gasteiger partial charge in [-0.05, 0) is 59.5 Å². The van der Waals surface area contributed by atoms with Crippen molar-refractivity contribution in [3.63, 3.8) is 0 Å². The van der Waals surface area contributed by atoms with Crippen molar-refractivity contribution in [3.05, 3.63) is 116 Å². The van der Waals surface area contributed by atoms with Crippen LogP contribution in [0.1, 0.15) is 16.7 Å². The minimum absolute atomic E-state index is 0.0272. The van der Waals surface area contributed by atoms with Gasteiger partial charge in [0.1, 0.15) is 11.6 Å². The first kappa shape index (κ1) is 27.9. The number of pyridine rings is 1. The normalized spacial score (nSPS) is 12.3. The molecule has 206 valence electrons. The first-order valence-corrected chi connectivity index (χ1v) is 12.6. The van der Waals surface area contributed by atoms with Crippen molar-refractivity contribution in [1.82, 2.24) is 4.57 Å². The van der Waals surface area contributed by atoms with E-state index in [4.69, 9.17) is 11.6 Å². The molecule has 0 aliphatic carbocycles. The first-order chi connectivity index (χ1) is 18.7. The molecule has 0 bridgehead atoms. The van der Waals surface area contributed by atoms with Crippen LogP contribution in [0.15, 0.2) is 77.6 Å². The second-order valence-corrected chi connectivity index (χ2v) is 10.3. The fraction of sp³-hybridized carbons (Fsp3) is 0.107. The molecule has 0 amide bonds. The van der Waals surface area contributed by atoms with Crippen LogP contribution in [0.25, 0.3) is 31.8 Å². The molecule has 40 heavy (non-hydrogen) atoms. The van der Waals surface area contributed by atoms with Crippen molar-refractivity contribution in [2.75, 3.05) is 0 Å². The zero-order valence-electron chi connectivity index (χ0n) is 19.8. The third-order valence-corrected chi connectivity index (χ3v) is 7.63. The summed E-state index contributed by atoms with van der Waals surface area (Å²) in [6, 6.07) is 13.1. The Balaban J connectivity index is 1.70. The molecule has 0 saturated carbocycles. The summed E-state index contributed by atoms with van der Waals surface area (Å²) in [4.78, 5) is 13.9. The van der Waals surface area contributed by atoms with Crippen molar-refractivity contribution >= 4 is 33.7 Å². The lowest BCUT2D eigenvalue weighted by atomic mass is 10.0. The quantitative estimate of drug-likeness (QED) is 0.189. The highest BCUT2D eigenvalue weighted by Gasteiger charge is 2.37. The average Bonchev–Trinajstić information content (AvgIpc) is 3.36. The van der Waals surface area contributed by atoms with Crippen LogP contribution < -0.4 is 5.56 Å². The number of alkyl halides is 6. The van der Waals surface area contributed by atoms with E-state index in [2.05, 4.69) is 0 Å². The molecule has 5 rings (SSSR count). The molecule has 5 aromatic rings. The van der Waals surface area contributed by atoms with Crippen LogP contribution in [0.4, 0.5) is 35.1 Å². The maximum Gasteiger partial charge on any atom is 0.416 e. The Labute approximate surface area is 229 Å². The Hall–Kier alpha value is -3.70. The topological polar surface area (TPSA) is 22.0 Å². The summed E-state index contributed by atoms with van der Waals surface area (Å²) >= 11 is 7.11. The van der Waals surface area contributed by atoms with Gasteiger partial charge in [0.15, 0.2) is 0 Å². The van der Waals surface area contributed by atoms with Crippen molar-refractivity contribution in [1.29, 1.82) is 0 Å². The Kier molecular flexibility index (Phi) is 6.99. The monoisotopic (exact) mass is 599 g/mol. The molecule has 3 aromatic carbocycles. The predicted molar refractivity (Wildman–Crippen MR) is 137 cm³/mol. The van der Waals surface area contributed by atoms with E-state index in [9.17, 15) is 39.9 Å². The van der Waals surface area contributed by atoms with Gasteiger partial charge in [-0.2, -0.15) is 26.3 Å². The minimum Gasteiger partial charge on any atom is -0.302 e. The average molecular weight is 600 g/mol. The third-order valence-electron chi connectivity index (χ3n) is 6.16. The second-order valence-electron chi connectivity index (χ2n) is 8.82. The molecule has 0 aliphatic rings. The number of benzene rings is 3. The lowest BCUT2D eigenvalue weighted by Crippen LogP contribution is -2.23. The van der Waals surface area contributed by atoms with Gasteiger partial charge in [-0.1, -0.05) is 29.8 Å². The van der Waals surface area contributed by atoms with Crippen LogP contribution in [0.5, 0.6) is 0 Å². The zero-order chi connectivity index (χ0) is 29.0. The summed E-state index contributed by atoms with van der Waals surface area (Å²) in [5, 5.41) is 0.662. The number of hydrogen-bond acceptors (Lipinski definition) is 2. The van der Waals surface area contributed by atoms with Crippen LogP contribution in [0.3, 0.4) is 0 Å². The smallest absolute Gasteiger partial charge is 0.302 e. The number of halogens is 9. The minimum atomic E-state index is -5.02. The number of hydrogen-bond donors (Lipinski definition) is 0. The van der Waals surface area contributed by atoms with E-state index in [0.717, 1.165) is 17.4 Å². The molecule has 0 N–H and O–H groups in total. The lowest BCUT2D eigenvalue weighted by Gasteiger charge is -2.15. The van der Waals surface area contributed by atoms with Crippen molar-refractivity contribution in [3.8, 4) is 21.0 Å². The van der Waals surface area contributed by atoms with E-state index in [0.29, 0.717) is 28.5 Å². The number of thiophene rings is 1. The van der Waals surface area contributed by atoms with Gasteiger partial charge in [0.25, 0.3) is 5.56 Å². The van der Waals surface area contributed by atoms with E-state index >= 15 is 0 Å². The Bertz CT molecular complexity index is 1790. The van der Waals surface area contributed by atoms with Crippen molar-refractivity contribution in [2.45, 2.75) is 18.9 Å². The van der Waals surface area contributed by atoms with Gasteiger partial charge in [-0.15, -0.1) is 11.3 Å². The predicted octanol–water partition coefficient (Wildman–Crippen LogP) is 9.41. The highest BCUT2D eigenvalue weighted by molar-refractivity contribution is 7.18. The summed E-state index contributed by atoms with van der Waals surface area (Å²) < 4.78 is 110. The van der Waals surface area contributed by atoms with Crippen molar-refractivity contribution < 1.29 is 35.1 Å². The molecule has 2 heterocycles. The molecule has 0 unspecified atom stereocenters. The largest absolute Gasteiger partial charge is 0.416 e.